The molecule has 0 saturated carbocycles. The number of benzene rings is 1. The Balaban J connectivity index is 2.52. The van der Waals surface area contributed by atoms with Crippen LogP contribution in [-0.2, 0) is 4.74 Å². The highest BCUT2D eigenvalue weighted by Crippen LogP contribution is 2.36. The maximum absolute atomic E-state index is 12.6. The maximum Gasteiger partial charge on any atom is 0.344 e. The third kappa shape index (κ3) is 3.97. The first-order valence-electron chi connectivity index (χ1n) is 7.59. The van der Waals surface area contributed by atoms with Crippen molar-refractivity contribution in [3.05, 3.63) is 41.5 Å². The van der Waals surface area contributed by atoms with E-state index in [1.54, 1.807) is 31.2 Å². The Hall–Kier alpha value is -2.28. The Morgan fingerprint density at radius 3 is 2.42 bits per heavy atom. The quantitative estimate of drug-likeness (QED) is 0.675. The van der Waals surface area contributed by atoms with Gasteiger partial charge in [0.1, 0.15) is 16.4 Å². The number of rotatable bonds is 4. The Morgan fingerprint density at radius 2 is 1.88 bits per heavy atom. The van der Waals surface area contributed by atoms with E-state index in [0.29, 0.717) is 10.6 Å². The zero-order valence-electron chi connectivity index (χ0n) is 14.2. The molecule has 128 valence electrons. The predicted octanol–water partition coefficient (Wildman–Crippen LogP) is 3.22. The molecule has 1 aromatic heterocycles. The second-order valence-corrected chi connectivity index (χ2v) is 7.90. The molecule has 6 nitrogen and oxygen atoms in total. The van der Waals surface area contributed by atoms with Crippen LogP contribution in [0, 0.1) is 0 Å². The molecule has 0 aliphatic rings. The summed E-state index contributed by atoms with van der Waals surface area (Å²) in [6, 6.07) is 8.66. The highest BCUT2D eigenvalue weighted by molar-refractivity contribution is 8.00. The van der Waals surface area contributed by atoms with Crippen molar-refractivity contribution in [3.8, 4) is 0 Å². The second kappa shape index (κ2) is 7.09. The fraction of sp³-hybridized carbons (Fsp3) is 0.353. The number of hydrogen-bond donors (Lipinski definition) is 1. The van der Waals surface area contributed by atoms with Crippen LogP contribution in [0.25, 0.3) is 0 Å². The minimum absolute atomic E-state index is 0.00551. The van der Waals surface area contributed by atoms with Gasteiger partial charge in [-0.2, -0.15) is 9.78 Å². The Labute approximate surface area is 145 Å². The number of nitrogens with zero attached hydrogens (tertiary/aromatic N) is 2. The van der Waals surface area contributed by atoms with Crippen molar-refractivity contribution in [1.82, 2.24) is 9.78 Å². The molecule has 24 heavy (non-hydrogen) atoms. The Kier molecular flexibility index (Phi) is 5.33. The van der Waals surface area contributed by atoms with Gasteiger partial charge in [-0.1, -0.05) is 50.7 Å². The minimum Gasteiger partial charge on any atom is -0.462 e. The van der Waals surface area contributed by atoms with E-state index < -0.39 is 5.97 Å². The van der Waals surface area contributed by atoms with Crippen LogP contribution in [0.3, 0.4) is 0 Å². The zero-order valence-corrected chi connectivity index (χ0v) is 15.0. The number of aromatic nitrogens is 2. The van der Waals surface area contributed by atoms with Crippen LogP contribution in [0.5, 0.6) is 0 Å². The van der Waals surface area contributed by atoms with Gasteiger partial charge in [0.05, 0.1) is 6.61 Å². The molecular formula is C17H21N3O3S. The van der Waals surface area contributed by atoms with Crippen LogP contribution < -0.4 is 5.73 Å². The SMILES string of the molecule is CCOC(=O)c1c(SC(C)(C)C)nn(C(=O)c2ccccc2)c1N. The molecule has 2 N–H and O–H groups in total. The summed E-state index contributed by atoms with van der Waals surface area (Å²) >= 11 is 1.36. The minimum atomic E-state index is -0.575. The van der Waals surface area contributed by atoms with Crippen molar-refractivity contribution in [2.45, 2.75) is 37.5 Å². The standard InChI is InChI=1S/C17H21N3O3S/c1-5-23-16(22)12-13(18)20(19-14(12)24-17(2,3)4)15(21)11-9-7-6-8-10-11/h6-10H,5,18H2,1-4H3. The average Bonchev–Trinajstić information content (AvgIpc) is 2.82. The summed E-state index contributed by atoms with van der Waals surface area (Å²) in [5, 5.41) is 4.67. The van der Waals surface area contributed by atoms with Gasteiger partial charge in [0, 0.05) is 10.3 Å². The first-order valence-corrected chi connectivity index (χ1v) is 8.40. The Bertz CT molecular complexity index is 748. The average molecular weight is 347 g/mol. The Morgan fingerprint density at radius 1 is 1.25 bits per heavy atom. The van der Waals surface area contributed by atoms with Gasteiger partial charge in [0.2, 0.25) is 0 Å². The van der Waals surface area contributed by atoms with Crippen molar-refractivity contribution in [3.63, 3.8) is 0 Å². The fourth-order valence-corrected chi connectivity index (χ4v) is 3.02. The van der Waals surface area contributed by atoms with Gasteiger partial charge in [-0.3, -0.25) is 4.79 Å². The molecule has 0 saturated heterocycles. The van der Waals surface area contributed by atoms with Crippen LogP contribution in [0.15, 0.2) is 35.4 Å². The van der Waals surface area contributed by atoms with Gasteiger partial charge in [-0.25, -0.2) is 4.79 Å². The number of nitrogen functional groups attached to an aromatic ring is 1. The summed E-state index contributed by atoms with van der Waals surface area (Å²) in [5.74, 6) is -0.970. The van der Waals surface area contributed by atoms with Gasteiger partial charge in [0.25, 0.3) is 5.91 Å². The molecule has 0 atom stereocenters. The number of carbonyl (C=O) groups is 2. The first-order chi connectivity index (χ1) is 11.2. The topological polar surface area (TPSA) is 87.2 Å². The number of thioether (sulfide) groups is 1. The normalized spacial score (nSPS) is 11.3. The van der Waals surface area contributed by atoms with Crippen molar-refractivity contribution in [1.29, 1.82) is 0 Å². The summed E-state index contributed by atoms with van der Waals surface area (Å²) < 4.78 is 5.93. The first kappa shape index (κ1) is 18.1. The molecule has 0 spiro atoms. The van der Waals surface area contributed by atoms with Crippen molar-refractivity contribution in [2.24, 2.45) is 0 Å². The van der Waals surface area contributed by atoms with E-state index in [0.717, 1.165) is 4.68 Å². The fourth-order valence-electron chi connectivity index (χ4n) is 2.02. The van der Waals surface area contributed by atoms with Gasteiger partial charge in [-0.05, 0) is 19.1 Å². The molecule has 0 bridgehead atoms. The number of esters is 1. The van der Waals surface area contributed by atoms with Crippen molar-refractivity contribution >= 4 is 29.5 Å². The van der Waals surface area contributed by atoms with Crippen LogP contribution in [0.2, 0.25) is 0 Å². The molecule has 1 heterocycles. The van der Waals surface area contributed by atoms with Gasteiger partial charge in [-0.15, -0.1) is 0 Å². The molecule has 1 aromatic carbocycles. The number of nitrogens with two attached hydrogens (primary N) is 1. The second-order valence-electron chi connectivity index (χ2n) is 6.08. The number of anilines is 1. The zero-order chi connectivity index (χ0) is 17.9. The highest BCUT2D eigenvalue weighted by atomic mass is 32.2. The monoisotopic (exact) mass is 347 g/mol. The van der Waals surface area contributed by atoms with E-state index in [9.17, 15) is 9.59 Å². The number of ether oxygens (including phenoxy) is 1. The third-order valence-electron chi connectivity index (χ3n) is 2.98. The van der Waals surface area contributed by atoms with E-state index in [4.69, 9.17) is 10.5 Å². The lowest BCUT2D eigenvalue weighted by molar-refractivity contribution is 0.0523. The van der Waals surface area contributed by atoms with E-state index in [1.807, 2.05) is 26.8 Å². The molecule has 7 heteroatoms. The lowest BCUT2D eigenvalue weighted by Gasteiger charge is -2.16. The van der Waals surface area contributed by atoms with E-state index in [1.165, 1.54) is 11.8 Å². The molecule has 0 amide bonds. The van der Waals surface area contributed by atoms with Gasteiger partial charge in [0.15, 0.2) is 0 Å². The molecule has 0 fully saturated rings. The molecule has 2 rings (SSSR count). The summed E-state index contributed by atoms with van der Waals surface area (Å²) in [6.07, 6.45) is 0. The third-order valence-corrected chi connectivity index (χ3v) is 4.08. The molecule has 0 radical (unpaired) electrons. The van der Waals surface area contributed by atoms with Crippen LogP contribution in [0.4, 0.5) is 5.82 Å². The maximum atomic E-state index is 12.6. The molecular weight excluding hydrogens is 326 g/mol. The highest BCUT2D eigenvalue weighted by Gasteiger charge is 2.29. The molecule has 2 aromatic rings. The lowest BCUT2D eigenvalue weighted by Crippen LogP contribution is -2.17. The lowest BCUT2D eigenvalue weighted by atomic mass is 10.2. The number of carbonyl (C=O) groups excluding carboxylic acids is 2. The van der Waals surface area contributed by atoms with Gasteiger partial charge < -0.3 is 10.5 Å². The smallest absolute Gasteiger partial charge is 0.344 e. The molecule has 0 unspecified atom stereocenters. The largest absolute Gasteiger partial charge is 0.462 e. The van der Waals surface area contributed by atoms with Crippen molar-refractivity contribution < 1.29 is 14.3 Å². The predicted molar refractivity (Wildman–Crippen MR) is 94.4 cm³/mol. The van der Waals surface area contributed by atoms with Crippen LogP contribution in [0.1, 0.15) is 48.4 Å². The van der Waals surface area contributed by atoms with Crippen LogP contribution in [-0.4, -0.2) is 33.0 Å². The van der Waals surface area contributed by atoms with E-state index in [2.05, 4.69) is 5.10 Å². The summed E-state index contributed by atoms with van der Waals surface area (Å²) in [4.78, 5) is 24.9. The van der Waals surface area contributed by atoms with Gasteiger partial charge >= 0.3 is 5.97 Å². The molecule has 0 aliphatic heterocycles. The van der Waals surface area contributed by atoms with Crippen molar-refractivity contribution in [2.75, 3.05) is 12.3 Å². The summed E-state index contributed by atoms with van der Waals surface area (Å²) in [6.45, 7) is 7.89. The molecule has 0 aliphatic carbocycles. The van der Waals surface area contributed by atoms with Crippen LogP contribution >= 0.6 is 11.8 Å². The number of hydrogen-bond acceptors (Lipinski definition) is 6. The summed E-state index contributed by atoms with van der Waals surface area (Å²) in [7, 11) is 0. The van der Waals surface area contributed by atoms with E-state index >= 15 is 0 Å². The summed E-state index contributed by atoms with van der Waals surface area (Å²) in [5.41, 5.74) is 6.64. The van der Waals surface area contributed by atoms with E-state index in [-0.39, 0.29) is 28.6 Å².